The van der Waals surface area contributed by atoms with Gasteiger partial charge < -0.3 is 9.84 Å². The molecule has 4 nitrogen and oxygen atoms in total. The third kappa shape index (κ3) is 2.94. The van der Waals surface area contributed by atoms with Gasteiger partial charge in [0.1, 0.15) is 5.56 Å². The number of carboxylic acid groups (broad SMARTS) is 1. The number of nitrogens with zero attached hydrogens (tertiary/aromatic N) is 1. The second kappa shape index (κ2) is 4.77. The van der Waals surface area contributed by atoms with Crippen molar-refractivity contribution in [2.24, 2.45) is 5.92 Å². The third-order valence-electron chi connectivity index (χ3n) is 1.96. The summed E-state index contributed by atoms with van der Waals surface area (Å²) in [6, 6.07) is 3.26. The molecule has 82 valence electrons. The predicted octanol–water partition coefficient (Wildman–Crippen LogP) is 1.99. The van der Waals surface area contributed by atoms with E-state index in [-0.39, 0.29) is 11.4 Å². The number of methoxy groups -OCH3 is 1. The summed E-state index contributed by atoms with van der Waals surface area (Å²) in [4.78, 5) is 14.9. The Morgan fingerprint density at radius 2 is 2.20 bits per heavy atom. The Kier molecular flexibility index (Phi) is 3.66. The van der Waals surface area contributed by atoms with Crippen LogP contribution in [0.25, 0.3) is 0 Å². The van der Waals surface area contributed by atoms with Crippen LogP contribution in [0.5, 0.6) is 5.88 Å². The molecule has 0 atom stereocenters. The number of hydrogen-bond donors (Lipinski definition) is 1. The van der Waals surface area contributed by atoms with Crippen LogP contribution in [0.3, 0.4) is 0 Å². The Bertz CT molecular complexity index is 361. The molecule has 4 heteroatoms. The van der Waals surface area contributed by atoms with E-state index in [1.807, 2.05) is 0 Å². The first-order chi connectivity index (χ1) is 7.04. The second-order valence-corrected chi connectivity index (χ2v) is 3.76. The molecule has 1 aromatic heterocycles. The fourth-order valence-corrected chi connectivity index (χ4v) is 1.33. The zero-order chi connectivity index (χ0) is 11.4. The highest BCUT2D eigenvalue weighted by Crippen LogP contribution is 2.17. The topological polar surface area (TPSA) is 59.4 Å². The van der Waals surface area contributed by atoms with Gasteiger partial charge in [0.15, 0.2) is 0 Å². The lowest BCUT2D eigenvalue weighted by molar-refractivity contribution is 0.0692. The second-order valence-electron chi connectivity index (χ2n) is 3.76. The van der Waals surface area contributed by atoms with Gasteiger partial charge in [0.2, 0.25) is 5.88 Å². The van der Waals surface area contributed by atoms with Crippen molar-refractivity contribution in [1.29, 1.82) is 0 Å². The molecule has 0 bridgehead atoms. The van der Waals surface area contributed by atoms with Gasteiger partial charge in [-0.05, 0) is 24.5 Å². The maximum absolute atomic E-state index is 10.8. The first kappa shape index (κ1) is 11.5. The van der Waals surface area contributed by atoms with Gasteiger partial charge in [-0.3, -0.25) is 0 Å². The van der Waals surface area contributed by atoms with E-state index in [1.165, 1.54) is 13.2 Å². The Balaban J connectivity index is 3.02. The number of aromatic nitrogens is 1. The van der Waals surface area contributed by atoms with Crippen LogP contribution in [0.15, 0.2) is 12.1 Å². The van der Waals surface area contributed by atoms with Gasteiger partial charge in [-0.2, -0.15) is 0 Å². The summed E-state index contributed by atoms with van der Waals surface area (Å²) >= 11 is 0. The Hall–Kier alpha value is -1.58. The van der Waals surface area contributed by atoms with Gasteiger partial charge in [0.05, 0.1) is 7.11 Å². The fourth-order valence-electron chi connectivity index (χ4n) is 1.33. The quantitative estimate of drug-likeness (QED) is 0.823. The molecule has 0 aliphatic carbocycles. The van der Waals surface area contributed by atoms with Gasteiger partial charge in [-0.15, -0.1) is 0 Å². The van der Waals surface area contributed by atoms with Crippen molar-refractivity contribution in [2.45, 2.75) is 20.3 Å². The van der Waals surface area contributed by atoms with Crippen molar-refractivity contribution in [3.8, 4) is 5.88 Å². The largest absolute Gasteiger partial charge is 0.480 e. The van der Waals surface area contributed by atoms with Gasteiger partial charge >= 0.3 is 5.97 Å². The van der Waals surface area contributed by atoms with Crippen LogP contribution < -0.4 is 4.74 Å². The minimum absolute atomic E-state index is 0.102. The van der Waals surface area contributed by atoms with Crippen LogP contribution in [-0.2, 0) is 6.42 Å². The van der Waals surface area contributed by atoms with Crippen LogP contribution in [0, 0.1) is 5.92 Å². The first-order valence-electron chi connectivity index (χ1n) is 4.81. The monoisotopic (exact) mass is 209 g/mol. The Morgan fingerprint density at radius 1 is 1.53 bits per heavy atom. The normalized spacial score (nSPS) is 10.4. The molecule has 0 aliphatic rings. The average molecular weight is 209 g/mol. The van der Waals surface area contributed by atoms with E-state index in [2.05, 4.69) is 18.8 Å². The van der Waals surface area contributed by atoms with E-state index < -0.39 is 5.97 Å². The minimum Gasteiger partial charge on any atom is -0.480 e. The van der Waals surface area contributed by atoms with Gasteiger partial charge in [-0.1, -0.05) is 13.8 Å². The number of rotatable bonds is 4. The first-order valence-corrected chi connectivity index (χ1v) is 4.81. The van der Waals surface area contributed by atoms with E-state index in [0.29, 0.717) is 5.92 Å². The molecule has 1 rings (SSSR count). The van der Waals surface area contributed by atoms with Crippen LogP contribution in [-0.4, -0.2) is 23.2 Å². The molecule has 0 aromatic carbocycles. The fraction of sp³-hybridized carbons (Fsp3) is 0.455. The lowest BCUT2D eigenvalue weighted by Crippen LogP contribution is -2.05. The van der Waals surface area contributed by atoms with E-state index in [9.17, 15) is 4.79 Å². The summed E-state index contributed by atoms with van der Waals surface area (Å²) in [6.45, 7) is 4.17. The van der Waals surface area contributed by atoms with E-state index in [0.717, 1.165) is 12.1 Å². The smallest absolute Gasteiger partial charge is 0.341 e. The lowest BCUT2D eigenvalue weighted by atomic mass is 10.1. The summed E-state index contributed by atoms with van der Waals surface area (Å²) in [6.07, 6.45) is 0.816. The van der Waals surface area contributed by atoms with Crippen LogP contribution in [0.4, 0.5) is 0 Å². The van der Waals surface area contributed by atoms with E-state index >= 15 is 0 Å². The highest BCUT2D eigenvalue weighted by molar-refractivity contribution is 5.90. The van der Waals surface area contributed by atoms with Gasteiger partial charge in [0.25, 0.3) is 0 Å². The molecule has 1 heterocycles. The molecule has 0 saturated heterocycles. The lowest BCUT2D eigenvalue weighted by Gasteiger charge is -2.08. The zero-order valence-corrected chi connectivity index (χ0v) is 9.15. The Labute approximate surface area is 88.9 Å². The number of ether oxygens (including phenoxy) is 1. The summed E-state index contributed by atoms with van der Waals surface area (Å²) in [5.74, 6) is -0.353. The summed E-state index contributed by atoms with van der Waals surface area (Å²) in [5, 5.41) is 8.85. The molecule has 0 aliphatic heterocycles. The van der Waals surface area contributed by atoms with Crippen molar-refractivity contribution in [3.05, 3.63) is 23.4 Å². The molecular weight excluding hydrogens is 194 g/mol. The molecule has 0 spiro atoms. The molecule has 1 N–H and O–H groups in total. The standard InChI is InChI=1S/C11H15NO3/c1-7(2)6-8-4-5-9(11(13)14)10(12-8)15-3/h4-5,7H,6H2,1-3H3,(H,13,14). The van der Waals surface area contributed by atoms with Crippen molar-refractivity contribution in [2.75, 3.05) is 7.11 Å². The van der Waals surface area contributed by atoms with Crippen molar-refractivity contribution in [1.82, 2.24) is 4.98 Å². The van der Waals surface area contributed by atoms with Crippen molar-refractivity contribution >= 4 is 5.97 Å². The third-order valence-corrected chi connectivity index (χ3v) is 1.96. The number of hydrogen-bond acceptors (Lipinski definition) is 3. The van der Waals surface area contributed by atoms with Gasteiger partial charge in [-0.25, -0.2) is 9.78 Å². The summed E-state index contributed by atoms with van der Waals surface area (Å²) in [7, 11) is 1.42. The van der Waals surface area contributed by atoms with Crippen molar-refractivity contribution in [3.63, 3.8) is 0 Å². The van der Waals surface area contributed by atoms with Gasteiger partial charge in [0, 0.05) is 5.69 Å². The van der Waals surface area contributed by atoms with E-state index in [1.54, 1.807) is 6.07 Å². The molecular formula is C11H15NO3. The molecule has 15 heavy (non-hydrogen) atoms. The highest BCUT2D eigenvalue weighted by atomic mass is 16.5. The molecule has 0 amide bonds. The average Bonchev–Trinajstić information content (AvgIpc) is 2.16. The minimum atomic E-state index is -1.02. The van der Waals surface area contributed by atoms with E-state index in [4.69, 9.17) is 9.84 Å². The SMILES string of the molecule is COc1nc(CC(C)C)ccc1C(=O)O. The Morgan fingerprint density at radius 3 is 2.67 bits per heavy atom. The number of carboxylic acids is 1. The van der Waals surface area contributed by atoms with Crippen molar-refractivity contribution < 1.29 is 14.6 Å². The predicted molar refractivity (Wildman–Crippen MR) is 56.3 cm³/mol. The van der Waals surface area contributed by atoms with Crippen LogP contribution >= 0.6 is 0 Å². The summed E-state index contributed by atoms with van der Waals surface area (Å²) in [5.41, 5.74) is 0.955. The number of pyridine rings is 1. The zero-order valence-electron chi connectivity index (χ0n) is 9.15. The molecule has 0 radical (unpaired) electrons. The number of aromatic carboxylic acids is 1. The molecule has 0 unspecified atom stereocenters. The number of carbonyl (C=O) groups is 1. The molecule has 1 aromatic rings. The highest BCUT2D eigenvalue weighted by Gasteiger charge is 2.13. The molecule has 0 saturated carbocycles. The maximum atomic E-state index is 10.8. The molecule has 0 fully saturated rings. The van der Waals surface area contributed by atoms with Crippen LogP contribution in [0.2, 0.25) is 0 Å². The maximum Gasteiger partial charge on any atom is 0.341 e. The van der Waals surface area contributed by atoms with Crippen LogP contribution in [0.1, 0.15) is 29.9 Å². The summed E-state index contributed by atoms with van der Waals surface area (Å²) < 4.78 is 4.94.